The zero-order valence-electron chi connectivity index (χ0n) is 15.8. The first kappa shape index (κ1) is 18.9. The fraction of sp³-hybridized carbons (Fsp3) is 0.333. The third-order valence-corrected chi connectivity index (χ3v) is 4.24. The van der Waals surface area contributed by atoms with Crippen molar-refractivity contribution in [1.29, 1.82) is 0 Å². The number of methoxy groups -OCH3 is 1. The number of benzene rings is 2. The van der Waals surface area contributed by atoms with Crippen molar-refractivity contribution in [3.63, 3.8) is 0 Å². The number of aryl methyl sites for hydroxylation is 2. The second-order valence-electron chi connectivity index (χ2n) is 6.40. The van der Waals surface area contributed by atoms with E-state index in [0.717, 1.165) is 35.6 Å². The van der Waals surface area contributed by atoms with Crippen LogP contribution in [-0.2, 0) is 22.6 Å². The van der Waals surface area contributed by atoms with E-state index in [1.54, 1.807) is 0 Å². The summed E-state index contributed by atoms with van der Waals surface area (Å²) >= 11 is 0. The van der Waals surface area contributed by atoms with E-state index in [1.807, 2.05) is 42.5 Å². The van der Waals surface area contributed by atoms with Crippen molar-refractivity contribution in [2.45, 2.75) is 26.4 Å². The van der Waals surface area contributed by atoms with Crippen LogP contribution in [0.2, 0.25) is 0 Å². The zero-order valence-corrected chi connectivity index (χ0v) is 15.8. The van der Waals surface area contributed by atoms with E-state index in [2.05, 4.69) is 27.9 Å². The van der Waals surface area contributed by atoms with E-state index in [0.29, 0.717) is 13.2 Å². The quantitative estimate of drug-likeness (QED) is 0.590. The van der Waals surface area contributed by atoms with E-state index in [1.165, 1.54) is 12.7 Å². The number of rotatable bonds is 9. The van der Waals surface area contributed by atoms with Crippen LogP contribution in [0.25, 0.3) is 11.0 Å². The molecule has 3 aromatic rings. The number of nitrogens with zero attached hydrogens (tertiary/aromatic N) is 2. The molecule has 0 unspecified atom stereocenters. The molecule has 142 valence electrons. The highest BCUT2D eigenvalue weighted by molar-refractivity contribution is 5.78. The van der Waals surface area contributed by atoms with Gasteiger partial charge in [0.25, 0.3) is 0 Å². The maximum Gasteiger partial charge on any atom is 0.246 e. The molecule has 0 aliphatic carbocycles. The molecule has 0 saturated heterocycles. The Morgan fingerprint density at radius 3 is 2.85 bits per heavy atom. The van der Waals surface area contributed by atoms with E-state index < -0.39 is 0 Å². The topological polar surface area (TPSA) is 65.4 Å². The Bertz CT molecular complexity index is 905. The maximum atomic E-state index is 11.7. The van der Waals surface area contributed by atoms with Gasteiger partial charge in [-0.15, -0.1) is 0 Å². The molecule has 1 heterocycles. The molecule has 6 heteroatoms. The third kappa shape index (κ3) is 5.08. The summed E-state index contributed by atoms with van der Waals surface area (Å²) in [5.41, 5.74) is 3.17. The summed E-state index contributed by atoms with van der Waals surface area (Å²) < 4.78 is 12.8. The monoisotopic (exact) mass is 367 g/mol. The van der Waals surface area contributed by atoms with Crippen LogP contribution in [-0.4, -0.2) is 35.8 Å². The second-order valence-corrected chi connectivity index (χ2v) is 6.40. The molecule has 0 fully saturated rings. The van der Waals surface area contributed by atoms with Crippen LogP contribution in [0.5, 0.6) is 5.75 Å². The molecular formula is C21H25N3O3. The van der Waals surface area contributed by atoms with Gasteiger partial charge < -0.3 is 19.4 Å². The Hall–Kier alpha value is -2.86. The molecule has 0 bridgehead atoms. The third-order valence-electron chi connectivity index (χ3n) is 4.24. The largest absolute Gasteiger partial charge is 0.494 e. The first-order chi connectivity index (χ1) is 13.2. The van der Waals surface area contributed by atoms with Gasteiger partial charge in [0.15, 0.2) is 0 Å². The number of amides is 1. The molecule has 0 saturated carbocycles. The molecule has 1 amide bonds. The first-order valence-electron chi connectivity index (χ1n) is 9.06. The Morgan fingerprint density at radius 2 is 2.04 bits per heavy atom. The maximum absolute atomic E-state index is 11.7. The second kappa shape index (κ2) is 9.19. The minimum atomic E-state index is -0.154. The van der Waals surface area contributed by atoms with E-state index in [4.69, 9.17) is 9.47 Å². The van der Waals surface area contributed by atoms with Gasteiger partial charge in [-0.3, -0.25) is 4.79 Å². The van der Waals surface area contributed by atoms with Gasteiger partial charge in [-0.1, -0.05) is 24.3 Å². The number of imidazole rings is 1. The lowest BCUT2D eigenvalue weighted by molar-refractivity contribution is -0.124. The summed E-state index contributed by atoms with van der Waals surface area (Å²) in [4.78, 5) is 16.4. The number of nitrogens with one attached hydrogen (secondary N) is 1. The van der Waals surface area contributed by atoms with Crippen LogP contribution < -0.4 is 10.1 Å². The number of carbonyl (C=O) groups is 1. The van der Waals surface area contributed by atoms with Gasteiger partial charge in [-0.2, -0.15) is 0 Å². The predicted octanol–water partition coefficient (Wildman–Crippen LogP) is 3.08. The molecular weight excluding hydrogens is 342 g/mol. The number of carbonyl (C=O) groups excluding carboxylic acids is 1. The average Bonchev–Trinajstić information content (AvgIpc) is 3.01. The smallest absolute Gasteiger partial charge is 0.246 e. The van der Waals surface area contributed by atoms with Gasteiger partial charge in [0.1, 0.15) is 18.2 Å². The van der Waals surface area contributed by atoms with Crippen molar-refractivity contribution in [2.75, 3.05) is 20.3 Å². The molecule has 27 heavy (non-hydrogen) atoms. The van der Waals surface area contributed by atoms with Crippen molar-refractivity contribution >= 4 is 16.9 Å². The molecule has 0 aliphatic rings. The van der Waals surface area contributed by atoms with Crippen LogP contribution in [0.1, 0.15) is 17.8 Å². The lowest BCUT2D eigenvalue weighted by Gasteiger charge is -2.11. The number of hydrogen-bond donors (Lipinski definition) is 1. The summed E-state index contributed by atoms with van der Waals surface area (Å²) in [7, 11) is 1.50. The number of fused-ring (bicyclic) bond motifs is 1. The predicted molar refractivity (Wildman–Crippen MR) is 105 cm³/mol. The highest BCUT2D eigenvalue weighted by Gasteiger charge is 2.11. The van der Waals surface area contributed by atoms with Crippen LogP contribution in [0.3, 0.4) is 0 Å². The standard InChI is InChI=1S/C21H25N3O3/c1-16-7-5-8-17(13-16)27-12-6-11-24-19-10-4-3-9-18(19)23-20(24)14-22-21(25)15-26-2/h3-5,7-10,13H,6,11-12,14-15H2,1-2H3,(H,22,25). The van der Waals surface area contributed by atoms with Gasteiger partial charge in [-0.05, 0) is 43.2 Å². The van der Waals surface area contributed by atoms with Gasteiger partial charge in [-0.25, -0.2) is 4.98 Å². The highest BCUT2D eigenvalue weighted by atomic mass is 16.5. The van der Waals surface area contributed by atoms with Gasteiger partial charge in [0, 0.05) is 13.7 Å². The first-order valence-corrected chi connectivity index (χ1v) is 9.06. The molecule has 1 aromatic heterocycles. The minimum Gasteiger partial charge on any atom is -0.494 e. The van der Waals surface area contributed by atoms with E-state index >= 15 is 0 Å². The van der Waals surface area contributed by atoms with E-state index in [-0.39, 0.29) is 12.5 Å². The molecule has 1 N–H and O–H groups in total. The fourth-order valence-electron chi connectivity index (χ4n) is 2.99. The van der Waals surface area contributed by atoms with Gasteiger partial charge in [0.2, 0.25) is 5.91 Å². The van der Waals surface area contributed by atoms with Gasteiger partial charge in [0.05, 0.1) is 24.2 Å². The molecule has 3 rings (SSSR count). The zero-order chi connectivity index (χ0) is 19.1. The molecule has 0 radical (unpaired) electrons. The summed E-state index contributed by atoms with van der Waals surface area (Å²) in [6.07, 6.45) is 0.841. The number of para-hydroxylation sites is 2. The summed E-state index contributed by atoms with van der Waals surface area (Å²) in [6.45, 7) is 3.85. The Balaban J connectivity index is 1.64. The summed E-state index contributed by atoms with van der Waals surface area (Å²) in [6, 6.07) is 16.0. The summed E-state index contributed by atoms with van der Waals surface area (Å²) in [5, 5.41) is 2.85. The van der Waals surface area contributed by atoms with Crippen LogP contribution in [0.4, 0.5) is 0 Å². The number of aromatic nitrogens is 2. The van der Waals surface area contributed by atoms with Crippen LogP contribution in [0.15, 0.2) is 48.5 Å². The van der Waals surface area contributed by atoms with Crippen molar-refractivity contribution in [2.24, 2.45) is 0 Å². The average molecular weight is 367 g/mol. The lowest BCUT2D eigenvalue weighted by atomic mass is 10.2. The van der Waals surface area contributed by atoms with Crippen molar-refractivity contribution < 1.29 is 14.3 Å². The Morgan fingerprint density at radius 1 is 1.19 bits per heavy atom. The van der Waals surface area contributed by atoms with Crippen LogP contribution >= 0.6 is 0 Å². The number of hydrogen-bond acceptors (Lipinski definition) is 4. The molecule has 0 aliphatic heterocycles. The van der Waals surface area contributed by atoms with Crippen LogP contribution in [0, 0.1) is 6.92 Å². The molecule has 0 spiro atoms. The molecule has 0 atom stereocenters. The normalized spacial score (nSPS) is 10.9. The fourth-order valence-corrected chi connectivity index (χ4v) is 2.99. The van der Waals surface area contributed by atoms with Gasteiger partial charge >= 0.3 is 0 Å². The lowest BCUT2D eigenvalue weighted by Crippen LogP contribution is -2.28. The summed E-state index contributed by atoms with van der Waals surface area (Å²) in [5.74, 6) is 1.56. The Labute approximate surface area is 159 Å². The highest BCUT2D eigenvalue weighted by Crippen LogP contribution is 2.17. The minimum absolute atomic E-state index is 0.0462. The SMILES string of the molecule is COCC(=O)NCc1nc2ccccc2n1CCCOc1cccc(C)c1. The molecule has 2 aromatic carbocycles. The Kier molecular flexibility index (Phi) is 6.44. The van der Waals surface area contributed by atoms with Crippen molar-refractivity contribution in [3.05, 3.63) is 59.9 Å². The molecule has 6 nitrogen and oxygen atoms in total. The van der Waals surface area contributed by atoms with Crippen molar-refractivity contribution in [3.8, 4) is 5.75 Å². The van der Waals surface area contributed by atoms with E-state index in [9.17, 15) is 4.79 Å². The number of ether oxygens (including phenoxy) is 2. The van der Waals surface area contributed by atoms with Crippen molar-refractivity contribution in [1.82, 2.24) is 14.9 Å².